The third kappa shape index (κ3) is 10.7. The number of hydrogen-bond donors (Lipinski definition) is 5. The van der Waals surface area contributed by atoms with Gasteiger partial charge in [-0.1, -0.05) is 25.1 Å². The topological polar surface area (TPSA) is 173 Å². The zero-order valence-electron chi connectivity index (χ0n) is 27.6. The molecule has 278 valence electrons. The van der Waals surface area contributed by atoms with Gasteiger partial charge in [0.15, 0.2) is 11.6 Å². The van der Waals surface area contributed by atoms with E-state index in [0.717, 1.165) is 45.5 Å². The third-order valence-corrected chi connectivity index (χ3v) is 6.99. The summed E-state index contributed by atoms with van der Waals surface area (Å²) in [5.41, 5.74) is 9.94. The predicted molar refractivity (Wildman–Crippen MR) is 177 cm³/mol. The van der Waals surface area contributed by atoms with Crippen LogP contribution >= 0.6 is 0 Å². The van der Waals surface area contributed by atoms with Crippen molar-refractivity contribution in [1.82, 2.24) is 15.0 Å². The first-order valence-corrected chi connectivity index (χ1v) is 15.0. The van der Waals surface area contributed by atoms with E-state index in [1.807, 2.05) is 68.4 Å². The Balaban J connectivity index is 0.000000441. The lowest BCUT2D eigenvalue weighted by Crippen LogP contribution is -2.21. The molecule has 0 radical (unpaired) electrons. The summed E-state index contributed by atoms with van der Waals surface area (Å²) < 4.78 is 90.4. The number of alkyl halides is 6. The Morgan fingerprint density at radius 2 is 1.60 bits per heavy atom. The molecule has 0 spiro atoms. The van der Waals surface area contributed by atoms with Gasteiger partial charge in [-0.05, 0) is 66.8 Å². The standard InChI is InChI=1S/C30H30FN5O2.2C2HF3O2/c1-4-18-13-24(27(31)26(14-18)38-5-2)28(35-21-9-10-23-19(15-21)11-12-33-29(23)32)30-34-17-25(36-30)20-7-6-8-22(16-20)37-3;2*3-2(4,5)1(6)7/h6-17,28,35H,4-5H2,1-3H3,(H2,32,33)(H,34,36);2*(H,6,7). The molecule has 0 aliphatic heterocycles. The van der Waals surface area contributed by atoms with Crippen LogP contribution in [-0.2, 0) is 16.0 Å². The molecule has 0 bridgehead atoms. The number of aromatic nitrogens is 3. The number of nitrogens with zero attached hydrogens (tertiary/aromatic N) is 2. The van der Waals surface area contributed by atoms with Crippen molar-refractivity contribution in [3.8, 4) is 22.8 Å². The Hall–Kier alpha value is -6.07. The van der Waals surface area contributed by atoms with Gasteiger partial charge in [0.05, 0.1) is 25.6 Å². The number of methoxy groups -OCH3 is 1. The van der Waals surface area contributed by atoms with Gasteiger partial charge >= 0.3 is 24.3 Å². The number of imidazole rings is 1. The highest BCUT2D eigenvalue weighted by Crippen LogP contribution is 2.35. The molecule has 0 aliphatic rings. The van der Waals surface area contributed by atoms with Crippen LogP contribution in [0.25, 0.3) is 22.0 Å². The van der Waals surface area contributed by atoms with E-state index in [4.69, 9.17) is 35.0 Å². The fraction of sp³-hybridized carbons (Fsp3) is 0.235. The number of H-pyrrole nitrogens is 1. The number of nitrogen functional groups attached to an aromatic ring is 1. The van der Waals surface area contributed by atoms with Gasteiger partial charge < -0.3 is 35.7 Å². The largest absolute Gasteiger partial charge is 0.497 e. The number of carbonyl (C=O) groups is 2. The minimum absolute atomic E-state index is 0.227. The summed E-state index contributed by atoms with van der Waals surface area (Å²) in [6, 6.07) is 18.4. The Labute approximate surface area is 291 Å². The molecule has 1 atom stereocenters. The molecule has 11 nitrogen and oxygen atoms in total. The molecule has 0 aliphatic carbocycles. The van der Waals surface area contributed by atoms with E-state index in [9.17, 15) is 26.3 Å². The average molecular weight is 740 g/mol. The van der Waals surface area contributed by atoms with Crippen LogP contribution in [0.1, 0.15) is 36.8 Å². The number of nitrogens with two attached hydrogens (primary N) is 1. The number of nitrogens with one attached hydrogen (secondary N) is 2. The van der Waals surface area contributed by atoms with Gasteiger partial charge in [-0.15, -0.1) is 0 Å². The van der Waals surface area contributed by atoms with Gasteiger partial charge in [0, 0.05) is 28.4 Å². The summed E-state index contributed by atoms with van der Waals surface area (Å²) in [4.78, 5) is 30.0. The fourth-order valence-electron chi connectivity index (χ4n) is 4.53. The molecule has 6 N–H and O–H groups in total. The number of pyridine rings is 1. The number of ether oxygens (including phenoxy) is 2. The number of carboxylic acid groups (broad SMARTS) is 2. The number of halogens is 7. The molecule has 1 unspecified atom stereocenters. The molecule has 2 aromatic heterocycles. The normalized spacial score (nSPS) is 11.7. The molecular formula is C34H32F7N5O6. The zero-order chi connectivity index (χ0) is 38.8. The number of carboxylic acids is 2. The van der Waals surface area contributed by atoms with Gasteiger partial charge in [-0.3, -0.25) is 0 Å². The molecule has 5 rings (SSSR count). The van der Waals surface area contributed by atoms with Crippen LogP contribution in [0.3, 0.4) is 0 Å². The number of hydrogen-bond acceptors (Lipinski definition) is 8. The number of aliphatic carboxylic acids is 2. The van der Waals surface area contributed by atoms with E-state index < -0.39 is 36.2 Å². The van der Waals surface area contributed by atoms with Crippen LogP contribution < -0.4 is 20.5 Å². The lowest BCUT2D eigenvalue weighted by Gasteiger charge is -2.22. The second kappa shape index (κ2) is 17.2. The van der Waals surface area contributed by atoms with E-state index in [1.54, 1.807) is 25.6 Å². The molecule has 0 amide bonds. The van der Waals surface area contributed by atoms with Crippen molar-refractivity contribution in [2.75, 3.05) is 24.8 Å². The second-order valence-electron chi connectivity index (χ2n) is 10.5. The molecule has 18 heteroatoms. The second-order valence-corrected chi connectivity index (χ2v) is 10.5. The van der Waals surface area contributed by atoms with Crippen molar-refractivity contribution >= 4 is 34.2 Å². The van der Waals surface area contributed by atoms with Gasteiger partial charge in [-0.25, -0.2) is 23.9 Å². The quantitative estimate of drug-likeness (QED) is 0.0940. The molecule has 5 aromatic rings. The summed E-state index contributed by atoms with van der Waals surface area (Å²) in [6.07, 6.45) is -6.02. The van der Waals surface area contributed by atoms with E-state index in [-0.39, 0.29) is 5.75 Å². The Morgan fingerprint density at radius 3 is 2.17 bits per heavy atom. The first kappa shape index (κ1) is 40.4. The van der Waals surface area contributed by atoms with Crippen LogP contribution in [0, 0.1) is 5.82 Å². The highest BCUT2D eigenvalue weighted by molar-refractivity contribution is 5.93. The molecule has 0 fully saturated rings. The summed E-state index contributed by atoms with van der Waals surface area (Å²) in [5, 5.41) is 19.5. The first-order chi connectivity index (χ1) is 24.4. The minimum Gasteiger partial charge on any atom is -0.497 e. The van der Waals surface area contributed by atoms with Crippen molar-refractivity contribution in [1.29, 1.82) is 0 Å². The lowest BCUT2D eigenvalue weighted by atomic mass is 9.99. The van der Waals surface area contributed by atoms with E-state index in [1.165, 1.54) is 0 Å². The number of aromatic amines is 1. The third-order valence-electron chi connectivity index (χ3n) is 6.99. The molecule has 0 saturated heterocycles. The predicted octanol–water partition coefficient (Wildman–Crippen LogP) is 7.78. The van der Waals surface area contributed by atoms with Crippen molar-refractivity contribution in [3.63, 3.8) is 0 Å². The maximum atomic E-state index is 15.9. The van der Waals surface area contributed by atoms with Crippen LogP contribution in [-0.4, -0.2) is 63.2 Å². The van der Waals surface area contributed by atoms with Gasteiger partial charge in [0.25, 0.3) is 0 Å². The first-order valence-electron chi connectivity index (χ1n) is 15.0. The van der Waals surface area contributed by atoms with Crippen LogP contribution in [0.2, 0.25) is 0 Å². The van der Waals surface area contributed by atoms with Crippen molar-refractivity contribution in [2.24, 2.45) is 0 Å². The summed E-state index contributed by atoms with van der Waals surface area (Å²) in [5.74, 6) is -3.95. The average Bonchev–Trinajstić information content (AvgIpc) is 3.58. The van der Waals surface area contributed by atoms with Gasteiger partial charge in [0.1, 0.15) is 23.4 Å². The summed E-state index contributed by atoms with van der Waals surface area (Å²) in [7, 11) is 1.63. The number of benzene rings is 3. The SMILES string of the molecule is CCOc1cc(CC)cc(C(Nc2ccc3c(N)nccc3c2)c2ncc(-c3cccc(OC)c3)[nH]2)c1F.O=C(O)C(F)(F)F.O=C(O)C(F)(F)F. The maximum absolute atomic E-state index is 15.9. The summed E-state index contributed by atoms with van der Waals surface area (Å²) >= 11 is 0. The minimum atomic E-state index is -5.08. The number of fused-ring (bicyclic) bond motifs is 1. The van der Waals surface area contributed by atoms with Crippen molar-refractivity contribution in [3.05, 3.63) is 95.8 Å². The highest BCUT2D eigenvalue weighted by atomic mass is 19.4. The summed E-state index contributed by atoms with van der Waals surface area (Å²) in [6.45, 7) is 4.24. The van der Waals surface area contributed by atoms with Gasteiger partial charge in [0.2, 0.25) is 0 Å². The number of aryl methyl sites for hydroxylation is 1. The van der Waals surface area contributed by atoms with Crippen molar-refractivity contribution < 1.29 is 60.0 Å². The molecular weight excluding hydrogens is 707 g/mol. The van der Waals surface area contributed by atoms with Crippen LogP contribution in [0.4, 0.5) is 42.2 Å². The van der Waals surface area contributed by atoms with Crippen LogP contribution in [0.5, 0.6) is 11.5 Å². The van der Waals surface area contributed by atoms with E-state index in [0.29, 0.717) is 23.8 Å². The Bertz CT molecular complexity index is 1980. The lowest BCUT2D eigenvalue weighted by molar-refractivity contribution is -0.193. The Morgan fingerprint density at radius 1 is 0.942 bits per heavy atom. The molecule has 2 heterocycles. The molecule has 52 heavy (non-hydrogen) atoms. The number of rotatable bonds is 9. The molecule has 0 saturated carbocycles. The number of anilines is 2. The van der Waals surface area contributed by atoms with Crippen LogP contribution in [0.15, 0.2) is 73.1 Å². The zero-order valence-corrected chi connectivity index (χ0v) is 27.6. The smallest absolute Gasteiger partial charge is 0.490 e. The van der Waals surface area contributed by atoms with Crippen molar-refractivity contribution in [2.45, 2.75) is 38.7 Å². The fourth-order valence-corrected chi connectivity index (χ4v) is 4.53. The molecule has 3 aromatic carbocycles. The Kier molecular flexibility index (Phi) is 13.4. The van der Waals surface area contributed by atoms with E-state index >= 15 is 4.39 Å². The highest BCUT2D eigenvalue weighted by Gasteiger charge is 2.39. The van der Waals surface area contributed by atoms with Gasteiger partial charge in [-0.2, -0.15) is 26.3 Å². The van der Waals surface area contributed by atoms with E-state index in [2.05, 4.69) is 20.3 Å². The monoisotopic (exact) mass is 739 g/mol. The maximum Gasteiger partial charge on any atom is 0.490 e.